The molecule has 2 N–H and O–H groups in total. The number of esters is 1. The van der Waals surface area contributed by atoms with Crippen LogP contribution < -0.4 is 10.0 Å². The van der Waals surface area contributed by atoms with Crippen LogP contribution in [0.1, 0.15) is 12.0 Å². The zero-order chi connectivity index (χ0) is 15.5. The third-order valence-electron chi connectivity index (χ3n) is 3.41. The highest BCUT2D eigenvalue weighted by molar-refractivity contribution is 9.10. The number of hydrogen-bond donors (Lipinski definition) is 2. The van der Waals surface area contributed by atoms with Crippen molar-refractivity contribution < 1.29 is 17.9 Å². The average molecular weight is 377 g/mol. The van der Waals surface area contributed by atoms with Gasteiger partial charge in [-0.05, 0) is 24.1 Å². The summed E-state index contributed by atoms with van der Waals surface area (Å²) in [5.74, 6) is -0.430. The zero-order valence-electron chi connectivity index (χ0n) is 11.5. The molecular formula is C13H17BrN2O4S. The molecule has 0 amide bonds. The Balaban J connectivity index is 1.93. The Morgan fingerprint density at radius 2 is 2.10 bits per heavy atom. The molecule has 0 aromatic heterocycles. The maximum absolute atomic E-state index is 12.2. The molecule has 0 saturated carbocycles. The van der Waals surface area contributed by atoms with Crippen LogP contribution in [-0.4, -0.2) is 39.3 Å². The standard InChI is InChI=1S/C13H17BrN2O4S/c1-20-13(17)12-6-11(8-15-12)21(18,19)16-7-9-2-4-10(14)5-3-9/h2-5,11-12,15-16H,6-8H2,1H3. The molecule has 1 fully saturated rings. The highest BCUT2D eigenvalue weighted by Gasteiger charge is 2.37. The minimum absolute atomic E-state index is 0.225. The first-order valence-electron chi connectivity index (χ1n) is 6.46. The van der Waals surface area contributed by atoms with Crippen molar-refractivity contribution in [1.82, 2.24) is 10.0 Å². The summed E-state index contributed by atoms with van der Waals surface area (Å²) in [4.78, 5) is 11.4. The van der Waals surface area contributed by atoms with E-state index in [0.717, 1.165) is 10.0 Å². The second kappa shape index (κ2) is 6.87. The van der Waals surface area contributed by atoms with Crippen LogP contribution in [0, 0.1) is 0 Å². The molecule has 21 heavy (non-hydrogen) atoms. The number of ether oxygens (including phenoxy) is 1. The molecule has 2 atom stereocenters. The minimum atomic E-state index is -3.47. The van der Waals surface area contributed by atoms with Gasteiger partial charge in [-0.3, -0.25) is 4.79 Å². The van der Waals surface area contributed by atoms with E-state index in [9.17, 15) is 13.2 Å². The first-order valence-corrected chi connectivity index (χ1v) is 8.80. The minimum Gasteiger partial charge on any atom is -0.468 e. The van der Waals surface area contributed by atoms with Gasteiger partial charge in [-0.15, -0.1) is 0 Å². The summed E-state index contributed by atoms with van der Waals surface area (Å²) in [6.45, 7) is 0.477. The molecule has 1 heterocycles. The second-order valence-corrected chi connectivity index (χ2v) is 7.80. The molecule has 0 radical (unpaired) electrons. The molecule has 2 unspecified atom stereocenters. The Morgan fingerprint density at radius 3 is 2.71 bits per heavy atom. The molecule has 1 aromatic carbocycles. The van der Waals surface area contributed by atoms with E-state index in [-0.39, 0.29) is 19.5 Å². The highest BCUT2D eigenvalue weighted by Crippen LogP contribution is 2.16. The maximum Gasteiger partial charge on any atom is 0.322 e. The van der Waals surface area contributed by atoms with Crippen LogP contribution in [0.2, 0.25) is 0 Å². The van der Waals surface area contributed by atoms with Crippen molar-refractivity contribution in [3.8, 4) is 0 Å². The van der Waals surface area contributed by atoms with Gasteiger partial charge in [0.1, 0.15) is 6.04 Å². The highest BCUT2D eigenvalue weighted by atomic mass is 79.9. The average Bonchev–Trinajstić information content (AvgIpc) is 2.96. The lowest BCUT2D eigenvalue weighted by Gasteiger charge is -2.12. The molecule has 1 saturated heterocycles. The van der Waals surface area contributed by atoms with Gasteiger partial charge >= 0.3 is 5.97 Å². The van der Waals surface area contributed by atoms with Gasteiger partial charge in [0.05, 0.1) is 12.4 Å². The van der Waals surface area contributed by atoms with Gasteiger partial charge in [0, 0.05) is 17.6 Å². The van der Waals surface area contributed by atoms with Crippen LogP contribution in [-0.2, 0) is 26.1 Å². The van der Waals surface area contributed by atoms with Crippen LogP contribution in [0.15, 0.2) is 28.7 Å². The SMILES string of the molecule is COC(=O)C1CC(S(=O)(=O)NCc2ccc(Br)cc2)CN1. The molecule has 1 aliphatic rings. The predicted octanol–water partition coefficient (Wildman–Crippen LogP) is 0.772. The molecule has 1 aromatic rings. The Morgan fingerprint density at radius 1 is 1.43 bits per heavy atom. The molecule has 0 bridgehead atoms. The third kappa shape index (κ3) is 4.26. The second-order valence-electron chi connectivity index (χ2n) is 4.83. The number of carbonyl (C=O) groups is 1. The molecule has 2 rings (SSSR count). The van der Waals surface area contributed by atoms with Crippen molar-refractivity contribution in [1.29, 1.82) is 0 Å². The maximum atomic E-state index is 12.2. The lowest BCUT2D eigenvalue weighted by molar-refractivity contribution is -0.142. The summed E-state index contributed by atoms with van der Waals surface area (Å²) in [5.41, 5.74) is 0.872. The van der Waals surface area contributed by atoms with Crippen LogP contribution in [0.25, 0.3) is 0 Å². The van der Waals surface area contributed by atoms with Gasteiger partial charge in [-0.25, -0.2) is 13.1 Å². The normalized spacial score (nSPS) is 22.2. The van der Waals surface area contributed by atoms with Crippen molar-refractivity contribution in [3.63, 3.8) is 0 Å². The first kappa shape index (κ1) is 16.4. The number of methoxy groups -OCH3 is 1. The summed E-state index contributed by atoms with van der Waals surface area (Å²) in [5, 5.41) is 2.24. The van der Waals surface area contributed by atoms with Gasteiger partial charge in [-0.1, -0.05) is 28.1 Å². The van der Waals surface area contributed by atoms with Crippen LogP contribution in [0.4, 0.5) is 0 Å². The lowest BCUT2D eigenvalue weighted by atomic mass is 10.2. The van der Waals surface area contributed by atoms with Gasteiger partial charge in [0.15, 0.2) is 0 Å². The van der Waals surface area contributed by atoms with E-state index in [1.165, 1.54) is 7.11 Å². The van der Waals surface area contributed by atoms with E-state index < -0.39 is 27.3 Å². The smallest absolute Gasteiger partial charge is 0.322 e. The molecule has 1 aliphatic heterocycles. The number of benzene rings is 1. The monoisotopic (exact) mass is 376 g/mol. The third-order valence-corrected chi connectivity index (χ3v) is 5.72. The Bertz CT molecular complexity index is 603. The quantitative estimate of drug-likeness (QED) is 0.741. The number of rotatable bonds is 5. The summed E-state index contributed by atoms with van der Waals surface area (Å²) < 4.78 is 32.6. The zero-order valence-corrected chi connectivity index (χ0v) is 13.9. The fourth-order valence-corrected chi connectivity index (χ4v) is 3.79. The summed E-state index contributed by atoms with van der Waals surface area (Å²) in [6, 6.07) is 6.85. The summed E-state index contributed by atoms with van der Waals surface area (Å²) >= 11 is 3.33. The molecular weight excluding hydrogens is 360 g/mol. The summed E-state index contributed by atoms with van der Waals surface area (Å²) in [6.07, 6.45) is 0.225. The van der Waals surface area contributed by atoms with E-state index in [4.69, 9.17) is 0 Å². The molecule has 0 spiro atoms. The van der Waals surface area contributed by atoms with E-state index in [1.54, 1.807) is 0 Å². The fourth-order valence-electron chi connectivity index (χ4n) is 2.17. The van der Waals surface area contributed by atoms with Crippen molar-refractivity contribution in [3.05, 3.63) is 34.3 Å². The fraction of sp³-hybridized carbons (Fsp3) is 0.462. The van der Waals surface area contributed by atoms with E-state index in [0.29, 0.717) is 0 Å². The van der Waals surface area contributed by atoms with Crippen LogP contribution in [0.5, 0.6) is 0 Å². The Kier molecular flexibility index (Phi) is 5.37. The molecule has 0 aliphatic carbocycles. The van der Waals surface area contributed by atoms with Crippen molar-refractivity contribution >= 4 is 31.9 Å². The van der Waals surface area contributed by atoms with E-state index in [1.807, 2.05) is 24.3 Å². The van der Waals surface area contributed by atoms with Gasteiger partial charge in [-0.2, -0.15) is 0 Å². The van der Waals surface area contributed by atoms with Crippen LogP contribution in [0.3, 0.4) is 0 Å². The van der Waals surface area contributed by atoms with Crippen molar-refractivity contribution in [2.24, 2.45) is 0 Å². The Labute approximate surface area is 132 Å². The summed E-state index contributed by atoms with van der Waals surface area (Å²) in [7, 11) is -2.19. The molecule has 116 valence electrons. The molecule has 8 heteroatoms. The number of nitrogens with one attached hydrogen (secondary N) is 2. The number of sulfonamides is 1. The van der Waals surface area contributed by atoms with E-state index >= 15 is 0 Å². The number of halogens is 1. The van der Waals surface area contributed by atoms with Crippen LogP contribution >= 0.6 is 15.9 Å². The molecule has 6 nitrogen and oxygen atoms in total. The Hall–Kier alpha value is -0.960. The van der Waals surface area contributed by atoms with E-state index in [2.05, 4.69) is 30.7 Å². The van der Waals surface area contributed by atoms with Gasteiger partial charge in [0.25, 0.3) is 0 Å². The number of carbonyl (C=O) groups excluding carboxylic acids is 1. The first-order chi connectivity index (χ1) is 9.92. The van der Waals surface area contributed by atoms with Crippen molar-refractivity contribution in [2.75, 3.05) is 13.7 Å². The van der Waals surface area contributed by atoms with Gasteiger partial charge < -0.3 is 10.1 Å². The number of hydrogen-bond acceptors (Lipinski definition) is 5. The predicted molar refractivity (Wildman–Crippen MR) is 82.1 cm³/mol. The lowest BCUT2D eigenvalue weighted by Crippen LogP contribution is -2.35. The van der Waals surface area contributed by atoms with Crippen molar-refractivity contribution in [2.45, 2.75) is 24.3 Å². The largest absolute Gasteiger partial charge is 0.468 e. The van der Waals surface area contributed by atoms with Gasteiger partial charge in [0.2, 0.25) is 10.0 Å². The topological polar surface area (TPSA) is 84.5 Å².